The van der Waals surface area contributed by atoms with Gasteiger partial charge in [0.15, 0.2) is 0 Å². The van der Waals surface area contributed by atoms with Crippen molar-refractivity contribution in [1.82, 2.24) is 0 Å². The molecule has 2 rings (SSSR count). The molecule has 0 N–H and O–H groups in total. The van der Waals surface area contributed by atoms with E-state index in [9.17, 15) is 13.6 Å². The molecule has 0 aromatic rings. The molecule has 0 radical (unpaired) electrons. The highest BCUT2D eigenvalue weighted by atomic mass is 19.3. The van der Waals surface area contributed by atoms with Gasteiger partial charge in [0.1, 0.15) is 0 Å². The van der Waals surface area contributed by atoms with Gasteiger partial charge in [-0.15, -0.1) is 0 Å². The molecule has 2 atom stereocenters. The minimum Gasteiger partial charge on any atom is -0.469 e. The molecule has 1 aliphatic carbocycles. The van der Waals surface area contributed by atoms with Crippen LogP contribution in [0.25, 0.3) is 0 Å². The van der Waals surface area contributed by atoms with Gasteiger partial charge < -0.3 is 14.0 Å². The lowest BCUT2D eigenvalue weighted by atomic mass is 9.62. The first-order chi connectivity index (χ1) is 12.0. The summed E-state index contributed by atoms with van der Waals surface area (Å²) in [6, 6.07) is 0. The molecule has 0 bridgehead atoms. The molecular weight excluding hydrogens is 341 g/mol. The average Bonchev–Trinajstić information content (AvgIpc) is 2.73. The molecule has 0 amide bonds. The second-order valence-electron chi connectivity index (χ2n) is 8.55. The second kappa shape index (κ2) is 7.59. The lowest BCUT2D eigenvalue weighted by Crippen LogP contribution is -2.44. The molecular formula is C19H31BF2O4. The third kappa shape index (κ3) is 3.84. The van der Waals surface area contributed by atoms with Crippen LogP contribution in [0.2, 0.25) is 6.32 Å². The van der Waals surface area contributed by atoms with Crippen LogP contribution < -0.4 is 0 Å². The summed E-state index contributed by atoms with van der Waals surface area (Å²) in [4.78, 5) is 12.2. The van der Waals surface area contributed by atoms with Gasteiger partial charge in [-0.2, -0.15) is 0 Å². The maximum Gasteiger partial charge on any atom is 0.457 e. The Kier molecular flexibility index (Phi) is 6.23. The molecule has 1 heterocycles. The second-order valence-corrected chi connectivity index (χ2v) is 8.55. The zero-order valence-electron chi connectivity index (χ0n) is 16.7. The number of ether oxygens (including phenoxy) is 1. The summed E-state index contributed by atoms with van der Waals surface area (Å²) in [7, 11) is 0.844. The van der Waals surface area contributed by atoms with Crippen molar-refractivity contribution in [2.24, 2.45) is 11.3 Å². The molecule has 1 aliphatic heterocycles. The van der Waals surface area contributed by atoms with E-state index in [1.165, 1.54) is 7.11 Å². The van der Waals surface area contributed by atoms with E-state index in [1.54, 1.807) is 6.92 Å². The van der Waals surface area contributed by atoms with Crippen molar-refractivity contribution in [2.75, 3.05) is 7.11 Å². The zero-order valence-corrected chi connectivity index (χ0v) is 16.7. The number of rotatable bonds is 6. The number of hydrogen-bond acceptors (Lipinski definition) is 4. The molecule has 1 fully saturated rings. The minimum absolute atomic E-state index is 0.236. The number of halogens is 2. The van der Waals surface area contributed by atoms with Gasteiger partial charge in [-0.05, 0) is 60.2 Å². The van der Waals surface area contributed by atoms with Crippen LogP contribution in [0.3, 0.4) is 0 Å². The SMILES string of the molecule is COC(=O)[C@H]1C(C)=CCC[C@]1(CCCB1OC(C)(C)C(C)(C)O1)C(F)F. The van der Waals surface area contributed by atoms with Crippen LogP contribution in [-0.2, 0) is 18.8 Å². The summed E-state index contributed by atoms with van der Waals surface area (Å²) < 4.78 is 45.0. The van der Waals surface area contributed by atoms with Gasteiger partial charge in [0.25, 0.3) is 0 Å². The molecule has 0 aromatic carbocycles. The van der Waals surface area contributed by atoms with E-state index in [0.29, 0.717) is 24.7 Å². The topological polar surface area (TPSA) is 44.8 Å². The summed E-state index contributed by atoms with van der Waals surface area (Å²) >= 11 is 0. The number of hydrogen-bond donors (Lipinski definition) is 0. The third-order valence-corrected chi connectivity index (χ3v) is 6.36. The molecule has 2 aliphatic rings. The van der Waals surface area contributed by atoms with Crippen LogP contribution >= 0.6 is 0 Å². The van der Waals surface area contributed by atoms with E-state index in [1.807, 2.05) is 33.8 Å². The monoisotopic (exact) mass is 372 g/mol. The Morgan fingerprint density at radius 3 is 2.38 bits per heavy atom. The molecule has 148 valence electrons. The van der Waals surface area contributed by atoms with Crippen molar-refractivity contribution < 1.29 is 27.6 Å². The van der Waals surface area contributed by atoms with Gasteiger partial charge in [0.2, 0.25) is 6.43 Å². The number of carbonyl (C=O) groups is 1. The molecule has 4 nitrogen and oxygen atoms in total. The Morgan fingerprint density at radius 2 is 1.88 bits per heavy atom. The standard InChI is InChI=1S/C19H31BF2O4/c1-13-9-7-10-19(16(21)22,14(13)15(23)24-6)11-8-12-20-25-17(2,3)18(4,5)26-20/h9,14,16H,7-8,10-12H2,1-6H3/t14-,19-/m1/s1. The molecule has 0 aromatic heterocycles. The first kappa shape index (κ1) is 21.4. The van der Waals surface area contributed by atoms with Gasteiger partial charge in [0, 0.05) is 5.41 Å². The summed E-state index contributed by atoms with van der Waals surface area (Å²) in [5.74, 6) is -1.46. The van der Waals surface area contributed by atoms with Gasteiger partial charge in [-0.25, -0.2) is 8.78 Å². The Bertz CT molecular complexity index is 546. The van der Waals surface area contributed by atoms with Crippen LogP contribution in [0.4, 0.5) is 8.78 Å². The predicted octanol–water partition coefficient (Wildman–Crippen LogP) is 4.64. The Morgan fingerprint density at radius 1 is 1.31 bits per heavy atom. The lowest BCUT2D eigenvalue weighted by Gasteiger charge is -2.42. The highest BCUT2D eigenvalue weighted by Gasteiger charge is 2.53. The smallest absolute Gasteiger partial charge is 0.457 e. The van der Waals surface area contributed by atoms with Crippen molar-refractivity contribution in [3.05, 3.63) is 11.6 Å². The number of carbonyl (C=O) groups excluding carboxylic acids is 1. The average molecular weight is 372 g/mol. The Labute approximate surface area is 155 Å². The lowest BCUT2D eigenvalue weighted by molar-refractivity contribution is -0.156. The molecule has 26 heavy (non-hydrogen) atoms. The first-order valence-corrected chi connectivity index (χ1v) is 9.35. The summed E-state index contributed by atoms with van der Waals surface area (Å²) in [6.07, 6.45) is 1.38. The van der Waals surface area contributed by atoms with Crippen LogP contribution in [0.1, 0.15) is 60.3 Å². The van der Waals surface area contributed by atoms with Gasteiger partial charge in [-0.3, -0.25) is 4.79 Å². The van der Waals surface area contributed by atoms with E-state index in [0.717, 1.165) is 0 Å². The third-order valence-electron chi connectivity index (χ3n) is 6.36. The van der Waals surface area contributed by atoms with Crippen LogP contribution in [0.15, 0.2) is 11.6 Å². The highest BCUT2D eigenvalue weighted by Crippen LogP contribution is 2.50. The maximum atomic E-state index is 14.1. The molecule has 0 unspecified atom stereocenters. The summed E-state index contributed by atoms with van der Waals surface area (Å²) in [5, 5.41) is 0. The zero-order chi connectivity index (χ0) is 19.8. The number of esters is 1. The normalized spacial score (nSPS) is 30.4. The maximum absolute atomic E-state index is 14.1. The Hall–Kier alpha value is -0.945. The van der Waals surface area contributed by atoms with Crippen molar-refractivity contribution in [3.8, 4) is 0 Å². The van der Waals surface area contributed by atoms with Gasteiger partial charge in [0.05, 0.1) is 24.2 Å². The fourth-order valence-electron chi connectivity index (χ4n) is 4.12. The van der Waals surface area contributed by atoms with Crippen molar-refractivity contribution in [2.45, 2.75) is 84.2 Å². The highest BCUT2D eigenvalue weighted by molar-refractivity contribution is 6.45. The van der Waals surface area contributed by atoms with Crippen LogP contribution in [0, 0.1) is 11.3 Å². The van der Waals surface area contributed by atoms with Crippen molar-refractivity contribution >= 4 is 13.1 Å². The number of methoxy groups -OCH3 is 1. The first-order valence-electron chi connectivity index (χ1n) is 9.35. The number of allylic oxidation sites excluding steroid dienone is 1. The summed E-state index contributed by atoms with van der Waals surface area (Å²) in [6.45, 7) is 9.62. The van der Waals surface area contributed by atoms with Crippen LogP contribution in [0.5, 0.6) is 0 Å². The fraction of sp³-hybridized carbons (Fsp3) is 0.842. The van der Waals surface area contributed by atoms with Gasteiger partial charge >= 0.3 is 13.1 Å². The van der Waals surface area contributed by atoms with E-state index >= 15 is 0 Å². The molecule has 0 saturated carbocycles. The minimum atomic E-state index is -2.59. The van der Waals surface area contributed by atoms with E-state index in [4.69, 9.17) is 14.0 Å². The van der Waals surface area contributed by atoms with Crippen molar-refractivity contribution in [1.29, 1.82) is 0 Å². The predicted molar refractivity (Wildman–Crippen MR) is 97.1 cm³/mol. The van der Waals surface area contributed by atoms with Gasteiger partial charge in [-0.1, -0.05) is 18.1 Å². The molecule has 7 heteroatoms. The molecule has 0 spiro atoms. The van der Waals surface area contributed by atoms with E-state index in [2.05, 4.69) is 0 Å². The largest absolute Gasteiger partial charge is 0.469 e. The number of alkyl halides is 2. The van der Waals surface area contributed by atoms with E-state index in [-0.39, 0.29) is 12.8 Å². The van der Waals surface area contributed by atoms with E-state index < -0.39 is 42.0 Å². The Balaban J connectivity index is 2.09. The fourth-order valence-corrected chi connectivity index (χ4v) is 4.12. The van der Waals surface area contributed by atoms with Crippen LogP contribution in [-0.4, -0.2) is 37.8 Å². The van der Waals surface area contributed by atoms with Crippen molar-refractivity contribution in [3.63, 3.8) is 0 Å². The summed E-state index contributed by atoms with van der Waals surface area (Å²) in [5.41, 5.74) is -1.57. The quantitative estimate of drug-likeness (QED) is 0.387. The molecule has 1 saturated heterocycles.